The van der Waals surface area contributed by atoms with Gasteiger partial charge in [0, 0.05) is 19.8 Å². The number of aliphatic hydroxyl groups excluding tert-OH is 1. The summed E-state index contributed by atoms with van der Waals surface area (Å²) in [6, 6.07) is 15.4. The van der Waals surface area contributed by atoms with Gasteiger partial charge in [-0.25, -0.2) is 0 Å². The summed E-state index contributed by atoms with van der Waals surface area (Å²) in [5.74, 6) is 0.751. The smallest absolute Gasteiger partial charge is 0.119 e. The minimum absolute atomic E-state index is 0.633. The first-order valence-electron chi connectivity index (χ1n) is 6.21. The number of hydrogen-bond acceptors (Lipinski definition) is 3. The van der Waals surface area contributed by atoms with Gasteiger partial charge in [-0.1, -0.05) is 24.3 Å². The monoisotopic (exact) mass is 257 g/mol. The van der Waals surface area contributed by atoms with Crippen LogP contribution in [0, 0.1) is 0 Å². The average Bonchev–Trinajstić information content (AvgIpc) is 2.46. The molecule has 0 aromatic heterocycles. The van der Waals surface area contributed by atoms with Crippen molar-refractivity contribution in [2.75, 3.05) is 26.1 Å². The summed E-state index contributed by atoms with van der Waals surface area (Å²) in [4.78, 5) is 2.03. The van der Waals surface area contributed by atoms with Gasteiger partial charge in [0.15, 0.2) is 0 Å². The molecule has 3 nitrogen and oxygen atoms in total. The van der Waals surface area contributed by atoms with E-state index < -0.39 is 6.10 Å². The van der Waals surface area contributed by atoms with Crippen molar-refractivity contribution in [2.45, 2.75) is 6.10 Å². The third kappa shape index (κ3) is 3.06. The first kappa shape index (κ1) is 13.4. The number of nitrogens with zero attached hydrogens (tertiary/aromatic N) is 1. The second kappa shape index (κ2) is 5.76. The highest BCUT2D eigenvalue weighted by Crippen LogP contribution is 2.26. The van der Waals surface area contributed by atoms with E-state index >= 15 is 0 Å². The summed E-state index contributed by atoms with van der Waals surface area (Å²) >= 11 is 0. The van der Waals surface area contributed by atoms with Crippen molar-refractivity contribution in [3.8, 4) is 5.75 Å². The molecule has 2 aromatic carbocycles. The Morgan fingerprint density at radius 2 is 1.68 bits per heavy atom. The summed E-state index contributed by atoms with van der Waals surface area (Å²) in [6.45, 7) is 0. The molecule has 0 spiro atoms. The normalized spacial score (nSPS) is 12.0. The first-order chi connectivity index (χ1) is 9.11. The number of anilines is 1. The summed E-state index contributed by atoms with van der Waals surface area (Å²) in [7, 11) is 5.61. The Bertz CT molecular complexity index is 535. The fourth-order valence-electron chi connectivity index (χ4n) is 1.96. The van der Waals surface area contributed by atoms with Crippen LogP contribution in [0.5, 0.6) is 5.75 Å². The summed E-state index contributed by atoms with van der Waals surface area (Å²) < 4.78 is 5.17. The molecule has 0 aliphatic heterocycles. The van der Waals surface area contributed by atoms with Crippen molar-refractivity contribution in [1.29, 1.82) is 0 Å². The maximum Gasteiger partial charge on any atom is 0.119 e. The van der Waals surface area contributed by atoms with Crippen LogP contribution in [-0.4, -0.2) is 26.3 Å². The zero-order valence-corrected chi connectivity index (χ0v) is 11.5. The van der Waals surface area contributed by atoms with Gasteiger partial charge >= 0.3 is 0 Å². The Hall–Kier alpha value is -2.00. The molecule has 0 saturated heterocycles. The topological polar surface area (TPSA) is 32.7 Å². The highest BCUT2D eigenvalue weighted by molar-refractivity contribution is 5.47. The van der Waals surface area contributed by atoms with Gasteiger partial charge in [0.2, 0.25) is 0 Å². The van der Waals surface area contributed by atoms with E-state index in [-0.39, 0.29) is 0 Å². The Labute approximate surface area is 114 Å². The van der Waals surface area contributed by atoms with Crippen LogP contribution in [0.3, 0.4) is 0 Å². The highest BCUT2D eigenvalue weighted by atomic mass is 16.5. The first-order valence-corrected chi connectivity index (χ1v) is 6.21. The minimum atomic E-state index is -0.633. The maximum absolute atomic E-state index is 10.4. The van der Waals surface area contributed by atoms with Crippen LogP contribution >= 0.6 is 0 Å². The molecule has 1 atom stereocenters. The van der Waals surface area contributed by atoms with E-state index in [1.54, 1.807) is 7.11 Å². The number of methoxy groups -OCH3 is 1. The van der Waals surface area contributed by atoms with Crippen molar-refractivity contribution in [2.24, 2.45) is 0 Å². The van der Waals surface area contributed by atoms with Gasteiger partial charge in [-0.2, -0.15) is 0 Å². The number of rotatable bonds is 4. The van der Waals surface area contributed by atoms with Crippen LogP contribution in [0.1, 0.15) is 17.2 Å². The lowest BCUT2D eigenvalue weighted by molar-refractivity contribution is 0.220. The number of hydrogen-bond donors (Lipinski definition) is 1. The number of benzene rings is 2. The fourth-order valence-corrected chi connectivity index (χ4v) is 1.96. The molecule has 2 aromatic rings. The van der Waals surface area contributed by atoms with Crippen molar-refractivity contribution in [1.82, 2.24) is 0 Å². The highest BCUT2D eigenvalue weighted by Gasteiger charge is 2.11. The van der Waals surface area contributed by atoms with Gasteiger partial charge in [-0.15, -0.1) is 0 Å². The van der Waals surface area contributed by atoms with E-state index in [1.807, 2.05) is 67.5 Å². The van der Waals surface area contributed by atoms with Crippen LogP contribution in [0.2, 0.25) is 0 Å². The molecule has 0 amide bonds. The molecule has 0 aliphatic rings. The third-order valence-corrected chi connectivity index (χ3v) is 3.13. The SMILES string of the molecule is COc1cccc(C(O)c2ccc(N(C)C)cc2)c1. The van der Waals surface area contributed by atoms with Gasteiger partial charge in [0.05, 0.1) is 7.11 Å². The molecule has 1 N–H and O–H groups in total. The van der Waals surface area contributed by atoms with E-state index in [0.717, 1.165) is 22.6 Å². The van der Waals surface area contributed by atoms with Crippen molar-refractivity contribution in [3.63, 3.8) is 0 Å². The molecule has 0 radical (unpaired) electrons. The predicted molar refractivity (Wildman–Crippen MR) is 77.8 cm³/mol. The van der Waals surface area contributed by atoms with Crippen LogP contribution in [0.15, 0.2) is 48.5 Å². The van der Waals surface area contributed by atoms with Crippen molar-refractivity contribution < 1.29 is 9.84 Å². The molecule has 3 heteroatoms. The van der Waals surface area contributed by atoms with Crippen LogP contribution in [0.25, 0.3) is 0 Å². The molecule has 0 bridgehead atoms. The summed E-state index contributed by atoms with van der Waals surface area (Å²) in [6.07, 6.45) is -0.633. The predicted octanol–water partition coefficient (Wildman–Crippen LogP) is 2.84. The van der Waals surface area contributed by atoms with E-state index in [1.165, 1.54) is 0 Å². The summed E-state index contributed by atoms with van der Waals surface area (Å²) in [5, 5.41) is 10.4. The summed E-state index contributed by atoms with van der Waals surface area (Å²) in [5.41, 5.74) is 2.82. The van der Waals surface area contributed by atoms with Crippen molar-refractivity contribution >= 4 is 5.69 Å². The average molecular weight is 257 g/mol. The van der Waals surface area contributed by atoms with Crippen molar-refractivity contribution in [3.05, 3.63) is 59.7 Å². The molecule has 0 fully saturated rings. The zero-order chi connectivity index (χ0) is 13.8. The second-order valence-electron chi connectivity index (χ2n) is 4.67. The molecule has 100 valence electrons. The molecule has 19 heavy (non-hydrogen) atoms. The molecule has 0 aliphatic carbocycles. The molecule has 2 rings (SSSR count). The Morgan fingerprint density at radius 3 is 2.26 bits per heavy atom. The van der Waals surface area contributed by atoms with E-state index in [9.17, 15) is 5.11 Å². The van der Waals surface area contributed by atoms with Crippen LogP contribution in [-0.2, 0) is 0 Å². The lowest BCUT2D eigenvalue weighted by atomic mass is 10.0. The number of ether oxygens (including phenoxy) is 1. The largest absolute Gasteiger partial charge is 0.497 e. The Kier molecular flexibility index (Phi) is 4.07. The maximum atomic E-state index is 10.4. The van der Waals surface area contributed by atoms with Crippen LogP contribution < -0.4 is 9.64 Å². The lowest BCUT2D eigenvalue weighted by Gasteiger charge is -2.16. The molecular formula is C16H19NO2. The Balaban J connectivity index is 2.25. The standard InChI is InChI=1S/C16H19NO2/c1-17(2)14-9-7-12(8-10-14)16(18)13-5-4-6-15(11-13)19-3/h4-11,16,18H,1-3H3. The quantitative estimate of drug-likeness (QED) is 0.914. The van der Waals surface area contributed by atoms with E-state index in [4.69, 9.17) is 4.74 Å². The van der Waals surface area contributed by atoms with Gasteiger partial charge in [0.1, 0.15) is 11.9 Å². The van der Waals surface area contributed by atoms with Gasteiger partial charge in [-0.05, 0) is 35.4 Å². The van der Waals surface area contributed by atoms with E-state index in [2.05, 4.69) is 0 Å². The van der Waals surface area contributed by atoms with Crippen LogP contribution in [0.4, 0.5) is 5.69 Å². The molecular weight excluding hydrogens is 238 g/mol. The van der Waals surface area contributed by atoms with Gasteiger partial charge < -0.3 is 14.7 Å². The Morgan fingerprint density at radius 1 is 1.00 bits per heavy atom. The van der Waals surface area contributed by atoms with Gasteiger partial charge in [0.25, 0.3) is 0 Å². The second-order valence-corrected chi connectivity index (χ2v) is 4.67. The molecule has 0 heterocycles. The van der Waals surface area contributed by atoms with Gasteiger partial charge in [-0.3, -0.25) is 0 Å². The zero-order valence-electron chi connectivity index (χ0n) is 11.5. The van der Waals surface area contributed by atoms with E-state index in [0.29, 0.717) is 0 Å². The lowest BCUT2D eigenvalue weighted by Crippen LogP contribution is -2.08. The minimum Gasteiger partial charge on any atom is -0.497 e. The molecule has 0 saturated carbocycles. The molecule has 1 unspecified atom stereocenters. The fraction of sp³-hybridized carbons (Fsp3) is 0.250. The third-order valence-electron chi connectivity index (χ3n) is 3.13. The number of aliphatic hydroxyl groups is 1.